The molecule has 7 atom stereocenters. The Kier molecular flexibility index (Phi) is 5.43. The van der Waals surface area contributed by atoms with E-state index in [1.165, 1.54) is 0 Å². The number of rotatable bonds is 5. The van der Waals surface area contributed by atoms with Gasteiger partial charge in [0.15, 0.2) is 8.32 Å². The van der Waals surface area contributed by atoms with Gasteiger partial charge in [-0.15, -0.1) is 13.0 Å². The second kappa shape index (κ2) is 6.50. The second-order valence-corrected chi connectivity index (χ2v) is 15.8. The van der Waals surface area contributed by atoms with Gasteiger partial charge < -0.3 is 9.53 Å². The molecule has 2 nitrogen and oxygen atoms in total. The van der Waals surface area contributed by atoms with E-state index in [1.54, 1.807) is 0 Å². The number of aliphatic hydroxyl groups is 1. The Hall–Kier alpha value is -0.563. The van der Waals surface area contributed by atoms with E-state index in [1.807, 2.05) is 6.08 Å². The molecular weight excluding hydrogens is 336 g/mol. The first-order valence-electron chi connectivity index (χ1n) is 10.2. The zero-order valence-electron chi connectivity index (χ0n) is 18.4. The fourth-order valence-electron chi connectivity index (χ4n) is 4.96. The molecule has 0 spiro atoms. The maximum Gasteiger partial charge on any atom is 0.192 e. The van der Waals surface area contributed by atoms with Gasteiger partial charge in [-0.2, -0.15) is 0 Å². The summed E-state index contributed by atoms with van der Waals surface area (Å²) in [6, 6.07) is 0. The highest BCUT2D eigenvalue weighted by atomic mass is 28.4. The fourth-order valence-corrected chi connectivity index (χ4v) is 6.36. The highest BCUT2D eigenvalue weighted by Crippen LogP contribution is 2.71. The van der Waals surface area contributed by atoms with E-state index in [4.69, 9.17) is 10.8 Å². The molecule has 26 heavy (non-hydrogen) atoms. The van der Waals surface area contributed by atoms with Crippen LogP contribution in [0.15, 0.2) is 12.7 Å². The third-order valence-corrected chi connectivity index (χ3v) is 12.6. The molecule has 0 heterocycles. The van der Waals surface area contributed by atoms with Crippen LogP contribution in [0.5, 0.6) is 0 Å². The number of hydrogen-bond donors (Lipinski definition) is 1. The predicted octanol–water partition coefficient (Wildman–Crippen LogP) is 5.49. The minimum Gasteiger partial charge on any atom is -0.413 e. The highest BCUT2D eigenvalue weighted by molar-refractivity contribution is 6.74. The van der Waals surface area contributed by atoms with Gasteiger partial charge in [0.05, 0.1) is 6.10 Å². The largest absolute Gasteiger partial charge is 0.413 e. The van der Waals surface area contributed by atoms with Crippen LogP contribution in [0.3, 0.4) is 0 Å². The van der Waals surface area contributed by atoms with Crippen molar-refractivity contribution in [3.63, 3.8) is 0 Å². The quantitative estimate of drug-likeness (QED) is 0.390. The van der Waals surface area contributed by atoms with E-state index in [0.29, 0.717) is 11.8 Å². The van der Waals surface area contributed by atoms with E-state index in [-0.39, 0.29) is 34.3 Å². The molecule has 0 aromatic carbocycles. The van der Waals surface area contributed by atoms with Crippen LogP contribution in [0.4, 0.5) is 0 Å². The highest BCUT2D eigenvalue weighted by Gasteiger charge is 2.71. The first kappa shape index (κ1) is 21.7. The molecule has 2 rings (SSSR count). The van der Waals surface area contributed by atoms with Crippen molar-refractivity contribution in [1.82, 2.24) is 0 Å². The summed E-state index contributed by atoms with van der Waals surface area (Å²) in [6.07, 6.45) is 8.83. The Labute approximate surface area is 162 Å². The van der Waals surface area contributed by atoms with Crippen LogP contribution in [0.2, 0.25) is 18.1 Å². The van der Waals surface area contributed by atoms with Crippen LogP contribution in [-0.4, -0.2) is 25.1 Å². The van der Waals surface area contributed by atoms with Crippen LogP contribution < -0.4 is 0 Å². The zero-order chi connectivity index (χ0) is 20.3. The monoisotopic (exact) mass is 376 g/mol. The Balaban J connectivity index is 2.51. The van der Waals surface area contributed by atoms with Gasteiger partial charge >= 0.3 is 0 Å². The van der Waals surface area contributed by atoms with E-state index < -0.39 is 13.9 Å². The summed E-state index contributed by atoms with van der Waals surface area (Å²) < 4.78 is 6.94. The molecule has 3 heteroatoms. The molecule has 0 amide bonds. The molecule has 0 saturated heterocycles. The van der Waals surface area contributed by atoms with Gasteiger partial charge in [-0.1, -0.05) is 60.5 Å². The lowest BCUT2D eigenvalue weighted by Gasteiger charge is -2.49. The van der Waals surface area contributed by atoms with Gasteiger partial charge in [-0.25, -0.2) is 0 Å². The molecule has 0 aromatic heterocycles. The third-order valence-electron chi connectivity index (χ3n) is 8.11. The third kappa shape index (κ3) is 3.23. The molecule has 0 bridgehead atoms. The normalized spacial score (nSPS) is 38.7. The summed E-state index contributed by atoms with van der Waals surface area (Å²) in [7, 11) is -2.01. The molecular formula is C23H40O2Si. The first-order chi connectivity index (χ1) is 11.6. The predicted molar refractivity (Wildman–Crippen MR) is 113 cm³/mol. The molecule has 2 fully saturated rings. The van der Waals surface area contributed by atoms with Crippen LogP contribution in [0.1, 0.15) is 54.9 Å². The molecule has 0 aromatic rings. The van der Waals surface area contributed by atoms with E-state index in [2.05, 4.69) is 74.1 Å². The van der Waals surface area contributed by atoms with E-state index in [0.717, 1.165) is 6.42 Å². The van der Waals surface area contributed by atoms with Gasteiger partial charge in [0.2, 0.25) is 0 Å². The van der Waals surface area contributed by atoms with Crippen molar-refractivity contribution in [2.24, 2.45) is 35.0 Å². The molecule has 0 aliphatic heterocycles. The summed E-state index contributed by atoms with van der Waals surface area (Å²) in [5.41, 5.74) is -0.893. The second-order valence-electron chi connectivity index (χ2n) is 11.0. The lowest BCUT2D eigenvalue weighted by Crippen LogP contribution is -2.57. The van der Waals surface area contributed by atoms with Gasteiger partial charge in [-0.3, -0.25) is 0 Å². The van der Waals surface area contributed by atoms with Crippen molar-refractivity contribution in [1.29, 1.82) is 0 Å². The fraction of sp³-hybridized carbons (Fsp3) is 0.826. The molecule has 1 unspecified atom stereocenters. The van der Waals surface area contributed by atoms with Crippen molar-refractivity contribution < 1.29 is 9.53 Å². The van der Waals surface area contributed by atoms with E-state index in [9.17, 15) is 5.11 Å². The maximum atomic E-state index is 11.6. The Morgan fingerprint density at radius 2 is 1.88 bits per heavy atom. The summed E-state index contributed by atoms with van der Waals surface area (Å²) in [4.78, 5) is 0. The first-order valence-corrected chi connectivity index (χ1v) is 13.1. The van der Waals surface area contributed by atoms with Gasteiger partial charge in [0.1, 0.15) is 5.60 Å². The van der Waals surface area contributed by atoms with E-state index >= 15 is 0 Å². The Morgan fingerprint density at radius 1 is 1.35 bits per heavy atom. The lowest BCUT2D eigenvalue weighted by molar-refractivity contribution is -0.0994. The molecule has 2 aliphatic rings. The minimum absolute atomic E-state index is 0.0432. The topological polar surface area (TPSA) is 29.5 Å². The van der Waals surface area contributed by atoms with Crippen molar-refractivity contribution >= 4 is 8.32 Å². The molecule has 2 saturated carbocycles. The zero-order valence-corrected chi connectivity index (χ0v) is 19.4. The summed E-state index contributed by atoms with van der Waals surface area (Å²) >= 11 is 0. The minimum atomic E-state index is -2.01. The maximum absolute atomic E-state index is 11.6. The van der Waals surface area contributed by atoms with Crippen molar-refractivity contribution in [2.75, 3.05) is 0 Å². The standard InChI is InChI=1S/C23H40O2Si/c1-12-15(3)20(25-26(10,11)21(5,6)7)19-18-17(22(18,8)9)14-16(4)23(19,24)13-2/h2,12,15-20,24H,1,14H2,3-11H3/t15-,16-,17-,18?,19-,20-,23-/m1/s1. The molecule has 1 N–H and O–H groups in total. The smallest absolute Gasteiger partial charge is 0.192 e. The Morgan fingerprint density at radius 3 is 2.31 bits per heavy atom. The summed E-state index contributed by atoms with van der Waals surface area (Å²) in [5, 5.41) is 11.7. The van der Waals surface area contributed by atoms with Crippen LogP contribution in [0.25, 0.3) is 0 Å². The molecule has 0 radical (unpaired) electrons. The number of hydrogen-bond acceptors (Lipinski definition) is 2. The van der Waals surface area contributed by atoms with Crippen molar-refractivity contribution in [3.05, 3.63) is 12.7 Å². The van der Waals surface area contributed by atoms with Crippen molar-refractivity contribution in [2.45, 2.75) is 84.7 Å². The van der Waals surface area contributed by atoms with Crippen LogP contribution in [-0.2, 0) is 4.43 Å². The number of terminal acetylenes is 1. The van der Waals surface area contributed by atoms with Crippen LogP contribution in [0, 0.1) is 47.3 Å². The van der Waals surface area contributed by atoms with Gasteiger partial charge in [-0.05, 0) is 53.6 Å². The summed E-state index contributed by atoms with van der Waals surface area (Å²) in [5.74, 6) is 4.05. The lowest BCUT2D eigenvalue weighted by atomic mass is 9.65. The summed E-state index contributed by atoms with van der Waals surface area (Å²) in [6.45, 7) is 24.3. The van der Waals surface area contributed by atoms with Gasteiger partial charge in [0.25, 0.3) is 0 Å². The molecule has 2 aliphatic carbocycles. The average molecular weight is 377 g/mol. The van der Waals surface area contributed by atoms with Gasteiger partial charge in [0, 0.05) is 5.92 Å². The van der Waals surface area contributed by atoms with Crippen LogP contribution >= 0.6 is 0 Å². The van der Waals surface area contributed by atoms with Crippen molar-refractivity contribution in [3.8, 4) is 12.3 Å². The average Bonchev–Trinajstić information content (AvgIpc) is 3.04. The SMILES string of the molecule is C#C[C@@]1(O)[C@H](C)C[C@@H]2C([C@@H]1[C@H](O[Si](C)(C)C(C)(C)C)[C@H](C)C=C)C2(C)C. The molecule has 148 valence electrons. The Bertz CT molecular complexity index is 594. The number of fused-ring (bicyclic) bond motifs is 1.